The molecule has 4 nitrogen and oxygen atoms in total. The van der Waals surface area contributed by atoms with Gasteiger partial charge in [0.2, 0.25) is 0 Å². The van der Waals surface area contributed by atoms with Crippen molar-refractivity contribution in [3.8, 4) is 0 Å². The zero-order chi connectivity index (χ0) is 12.7. The highest BCUT2D eigenvalue weighted by atomic mass is 16.5. The normalized spacial score (nSPS) is 13.1. The average Bonchev–Trinajstić information content (AvgIpc) is 2.14. The van der Waals surface area contributed by atoms with Crippen molar-refractivity contribution in [2.75, 3.05) is 26.4 Å². The van der Waals surface area contributed by atoms with Crippen LogP contribution in [0.25, 0.3) is 5.73 Å². The summed E-state index contributed by atoms with van der Waals surface area (Å²) in [4.78, 5) is 0. The Balaban J connectivity index is 3.78. The Kier molecular flexibility index (Phi) is 7.15. The van der Waals surface area contributed by atoms with Crippen molar-refractivity contribution < 1.29 is 14.6 Å². The summed E-state index contributed by atoms with van der Waals surface area (Å²) in [6.45, 7) is 9.40. The summed E-state index contributed by atoms with van der Waals surface area (Å²) in [6, 6.07) is 0. The highest BCUT2D eigenvalue weighted by Gasteiger charge is 2.21. The van der Waals surface area contributed by atoms with Crippen LogP contribution in [0.15, 0.2) is 0 Å². The van der Waals surface area contributed by atoms with Gasteiger partial charge in [0.05, 0.1) is 31.0 Å². The third kappa shape index (κ3) is 8.05. The lowest BCUT2D eigenvalue weighted by Gasteiger charge is -2.30. The molecule has 98 valence electrons. The molecular weight excluding hydrogens is 206 g/mol. The van der Waals surface area contributed by atoms with E-state index >= 15 is 0 Å². The van der Waals surface area contributed by atoms with E-state index in [2.05, 4.69) is 0 Å². The van der Waals surface area contributed by atoms with Gasteiger partial charge in [0.15, 0.2) is 0 Å². The second kappa shape index (κ2) is 7.22. The summed E-state index contributed by atoms with van der Waals surface area (Å²) in [5, 5.41) is 8.68. The summed E-state index contributed by atoms with van der Waals surface area (Å²) >= 11 is 0. The molecule has 0 unspecified atom stereocenters. The van der Waals surface area contributed by atoms with E-state index in [1.54, 1.807) is 0 Å². The van der Waals surface area contributed by atoms with Crippen molar-refractivity contribution in [2.24, 2.45) is 0 Å². The SMILES string of the molecule is CC(C)(CC[NH-])OCCC(C)(C)OCCO. The quantitative estimate of drug-likeness (QED) is 0.664. The van der Waals surface area contributed by atoms with Crippen molar-refractivity contribution in [1.82, 2.24) is 0 Å². The molecule has 0 aromatic rings. The maximum Gasteiger partial charge on any atom is 0.0705 e. The Morgan fingerprint density at radius 2 is 1.44 bits per heavy atom. The minimum atomic E-state index is -0.264. The largest absolute Gasteiger partial charge is 0.677 e. The molecule has 0 heterocycles. The van der Waals surface area contributed by atoms with Crippen molar-refractivity contribution in [1.29, 1.82) is 0 Å². The molecule has 0 aromatic heterocycles. The average molecular weight is 232 g/mol. The van der Waals surface area contributed by atoms with Gasteiger partial charge in [0.25, 0.3) is 0 Å². The second-order valence-corrected chi connectivity index (χ2v) is 5.19. The molecule has 0 aliphatic carbocycles. The molecule has 0 fully saturated rings. The minimum Gasteiger partial charge on any atom is -0.677 e. The number of aliphatic hydroxyl groups excluding tert-OH is 1. The number of aliphatic hydroxyl groups is 1. The third-order valence-corrected chi connectivity index (χ3v) is 2.51. The van der Waals surface area contributed by atoms with E-state index in [0.29, 0.717) is 19.8 Å². The molecule has 0 saturated carbocycles. The first-order chi connectivity index (χ1) is 7.33. The van der Waals surface area contributed by atoms with E-state index in [1.165, 1.54) is 0 Å². The van der Waals surface area contributed by atoms with Crippen LogP contribution in [-0.2, 0) is 9.47 Å². The Labute approximate surface area is 99.1 Å². The molecule has 0 spiro atoms. The van der Waals surface area contributed by atoms with Gasteiger partial charge in [-0.05, 0) is 40.5 Å². The van der Waals surface area contributed by atoms with E-state index in [0.717, 1.165) is 12.8 Å². The van der Waals surface area contributed by atoms with Gasteiger partial charge >= 0.3 is 0 Å². The molecule has 0 aromatic carbocycles. The lowest BCUT2D eigenvalue weighted by atomic mass is 10.0. The van der Waals surface area contributed by atoms with Gasteiger partial charge in [0.1, 0.15) is 0 Å². The van der Waals surface area contributed by atoms with Gasteiger partial charge in [-0.15, -0.1) is 6.54 Å². The minimum absolute atomic E-state index is 0.0502. The van der Waals surface area contributed by atoms with Crippen LogP contribution < -0.4 is 0 Å². The van der Waals surface area contributed by atoms with Crippen LogP contribution in [0.5, 0.6) is 0 Å². The summed E-state index contributed by atoms with van der Waals surface area (Å²) in [5.41, 5.74) is 6.68. The molecule has 0 saturated heterocycles. The molecular formula is C12H26NO3-. The van der Waals surface area contributed by atoms with Crippen LogP contribution in [0, 0.1) is 0 Å². The fourth-order valence-electron chi connectivity index (χ4n) is 1.34. The molecule has 0 aliphatic heterocycles. The molecule has 0 aliphatic rings. The fourth-order valence-corrected chi connectivity index (χ4v) is 1.34. The van der Waals surface area contributed by atoms with Gasteiger partial charge in [-0.2, -0.15) is 0 Å². The lowest BCUT2D eigenvalue weighted by molar-refractivity contribution is -0.0788. The molecule has 2 N–H and O–H groups in total. The Morgan fingerprint density at radius 3 is 1.94 bits per heavy atom. The maximum atomic E-state index is 8.68. The Morgan fingerprint density at radius 1 is 0.938 bits per heavy atom. The van der Waals surface area contributed by atoms with Crippen LogP contribution in [0.4, 0.5) is 0 Å². The maximum absolute atomic E-state index is 8.68. The lowest BCUT2D eigenvalue weighted by Crippen LogP contribution is -2.31. The molecule has 16 heavy (non-hydrogen) atoms. The number of rotatable bonds is 9. The first kappa shape index (κ1) is 15.8. The number of ether oxygens (including phenoxy) is 2. The first-order valence-electron chi connectivity index (χ1n) is 5.86. The predicted octanol–water partition coefficient (Wildman–Crippen LogP) is 2.40. The van der Waals surface area contributed by atoms with Crippen LogP contribution in [0.3, 0.4) is 0 Å². The standard InChI is InChI=1S/C12H26NO3/c1-11(2,5-7-13)15-9-6-12(3,4)16-10-8-14/h13-14H,5-10H2,1-4H3/q-1. The monoisotopic (exact) mass is 232 g/mol. The Hall–Kier alpha value is -0.160. The van der Waals surface area contributed by atoms with E-state index < -0.39 is 0 Å². The van der Waals surface area contributed by atoms with Gasteiger partial charge in [0, 0.05) is 0 Å². The van der Waals surface area contributed by atoms with Crippen molar-refractivity contribution >= 4 is 0 Å². The number of hydrogen-bond donors (Lipinski definition) is 1. The number of hydrogen-bond acceptors (Lipinski definition) is 3. The van der Waals surface area contributed by atoms with Gasteiger partial charge in [-0.25, -0.2) is 0 Å². The summed E-state index contributed by atoms with van der Waals surface area (Å²) < 4.78 is 11.2. The summed E-state index contributed by atoms with van der Waals surface area (Å²) in [6.07, 6.45) is 1.53. The topological polar surface area (TPSA) is 62.5 Å². The van der Waals surface area contributed by atoms with Crippen molar-refractivity contribution in [2.45, 2.75) is 51.7 Å². The van der Waals surface area contributed by atoms with Crippen LogP contribution in [-0.4, -0.2) is 42.7 Å². The van der Waals surface area contributed by atoms with Gasteiger partial charge in [-0.3, -0.25) is 0 Å². The molecule has 0 atom stereocenters. The van der Waals surface area contributed by atoms with Gasteiger partial charge in [-0.1, -0.05) is 0 Å². The molecule has 4 heteroatoms. The van der Waals surface area contributed by atoms with E-state index in [9.17, 15) is 0 Å². The highest BCUT2D eigenvalue weighted by Crippen LogP contribution is 2.19. The van der Waals surface area contributed by atoms with E-state index in [4.69, 9.17) is 20.3 Å². The molecule has 0 amide bonds. The third-order valence-electron chi connectivity index (χ3n) is 2.51. The predicted molar refractivity (Wildman–Crippen MR) is 65.6 cm³/mol. The zero-order valence-electron chi connectivity index (χ0n) is 11.0. The fraction of sp³-hybridized carbons (Fsp3) is 1.00. The van der Waals surface area contributed by atoms with E-state index in [1.807, 2.05) is 27.7 Å². The summed E-state index contributed by atoms with van der Waals surface area (Å²) in [5.74, 6) is 0. The number of nitrogens with one attached hydrogen (secondary N) is 1. The smallest absolute Gasteiger partial charge is 0.0705 e. The second-order valence-electron chi connectivity index (χ2n) is 5.19. The van der Waals surface area contributed by atoms with Crippen LogP contribution in [0.2, 0.25) is 0 Å². The molecule has 0 bridgehead atoms. The Bertz CT molecular complexity index is 181. The first-order valence-corrected chi connectivity index (χ1v) is 5.86. The van der Waals surface area contributed by atoms with Crippen molar-refractivity contribution in [3.05, 3.63) is 5.73 Å². The van der Waals surface area contributed by atoms with Crippen molar-refractivity contribution in [3.63, 3.8) is 0 Å². The van der Waals surface area contributed by atoms with E-state index in [-0.39, 0.29) is 17.8 Å². The molecule has 0 radical (unpaired) electrons. The zero-order valence-corrected chi connectivity index (χ0v) is 11.0. The summed E-state index contributed by atoms with van der Waals surface area (Å²) in [7, 11) is 0. The van der Waals surface area contributed by atoms with Gasteiger partial charge < -0.3 is 20.3 Å². The van der Waals surface area contributed by atoms with Crippen LogP contribution in [0.1, 0.15) is 40.5 Å². The molecule has 0 rings (SSSR count). The van der Waals surface area contributed by atoms with Crippen LogP contribution >= 0.6 is 0 Å². The highest BCUT2D eigenvalue weighted by molar-refractivity contribution is 4.74.